The van der Waals surface area contributed by atoms with Crippen molar-refractivity contribution in [1.29, 1.82) is 0 Å². The van der Waals surface area contributed by atoms with E-state index in [1.165, 1.54) is 12.5 Å². The Morgan fingerprint density at radius 2 is 2.24 bits per heavy atom. The first kappa shape index (κ1) is 14.0. The van der Waals surface area contributed by atoms with Crippen molar-refractivity contribution < 1.29 is 9.72 Å². The van der Waals surface area contributed by atoms with Crippen LogP contribution in [0.2, 0.25) is 0 Å². The highest BCUT2D eigenvalue weighted by Gasteiger charge is 2.37. The summed E-state index contributed by atoms with van der Waals surface area (Å²) in [6, 6.07) is 4.89. The molecule has 6 heteroatoms. The second-order valence-electron chi connectivity index (χ2n) is 5.88. The zero-order chi connectivity index (χ0) is 15.0. The van der Waals surface area contributed by atoms with Crippen LogP contribution in [0.25, 0.3) is 0 Å². The number of nitro benzene ring substituents is 1. The van der Waals surface area contributed by atoms with Crippen LogP contribution in [-0.2, 0) is 0 Å². The number of benzene rings is 1. The predicted octanol–water partition coefficient (Wildman–Crippen LogP) is 1.73. The fraction of sp³-hybridized carbons (Fsp3) is 0.533. The molecular weight excluding hydrogens is 270 g/mol. The zero-order valence-corrected chi connectivity index (χ0v) is 12.0. The fourth-order valence-electron chi connectivity index (χ4n) is 3.48. The minimum Gasteiger partial charge on any atom is -0.334 e. The average molecular weight is 289 g/mol. The number of aryl methyl sites for hydroxylation is 1. The molecule has 0 spiro atoms. The summed E-state index contributed by atoms with van der Waals surface area (Å²) in [5.41, 5.74) is 1.14. The molecule has 112 valence electrons. The molecule has 1 amide bonds. The van der Waals surface area contributed by atoms with Crippen LogP contribution >= 0.6 is 0 Å². The molecule has 1 N–H and O–H groups in total. The number of carbonyl (C=O) groups excluding carboxylic acids is 1. The Morgan fingerprint density at radius 3 is 2.95 bits per heavy atom. The minimum atomic E-state index is -0.415. The van der Waals surface area contributed by atoms with E-state index >= 15 is 0 Å². The van der Waals surface area contributed by atoms with Crippen LogP contribution in [0.1, 0.15) is 28.8 Å². The van der Waals surface area contributed by atoms with E-state index in [1.807, 2.05) is 4.90 Å². The fourth-order valence-corrected chi connectivity index (χ4v) is 3.48. The quantitative estimate of drug-likeness (QED) is 0.664. The van der Waals surface area contributed by atoms with E-state index < -0.39 is 4.92 Å². The van der Waals surface area contributed by atoms with Crippen LogP contribution < -0.4 is 5.32 Å². The Kier molecular flexibility index (Phi) is 3.63. The molecule has 0 saturated carbocycles. The Labute approximate surface area is 123 Å². The van der Waals surface area contributed by atoms with Crippen molar-refractivity contribution in [2.24, 2.45) is 5.92 Å². The summed E-state index contributed by atoms with van der Waals surface area (Å²) in [4.78, 5) is 25.1. The van der Waals surface area contributed by atoms with E-state index in [0.717, 1.165) is 26.1 Å². The molecule has 1 aromatic carbocycles. The van der Waals surface area contributed by atoms with Gasteiger partial charge in [0.1, 0.15) is 0 Å². The molecule has 2 aliphatic rings. The van der Waals surface area contributed by atoms with Gasteiger partial charge < -0.3 is 10.2 Å². The lowest BCUT2D eigenvalue weighted by molar-refractivity contribution is -0.385. The Bertz CT molecular complexity index is 588. The van der Waals surface area contributed by atoms with Gasteiger partial charge in [-0.3, -0.25) is 14.9 Å². The lowest BCUT2D eigenvalue weighted by Gasteiger charge is -2.37. The van der Waals surface area contributed by atoms with E-state index in [4.69, 9.17) is 0 Å². The number of nitrogens with zero attached hydrogens (tertiary/aromatic N) is 2. The van der Waals surface area contributed by atoms with E-state index in [0.29, 0.717) is 17.0 Å². The molecule has 0 aliphatic carbocycles. The van der Waals surface area contributed by atoms with E-state index in [2.05, 4.69) is 5.32 Å². The van der Waals surface area contributed by atoms with Gasteiger partial charge in [-0.2, -0.15) is 0 Å². The van der Waals surface area contributed by atoms with Gasteiger partial charge in [0, 0.05) is 42.9 Å². The molecule has 1 aromatic rings. The number of amides is 1. The molecular formula is C15H19N3O3. The summed E-state index contributed by atoms with van der Waals surface area (Å²) in [7, 11) is 0. The SMILES string of the molecule is Cc1cc(C(=O)N2CCCC3CNCC32)ccc1[N+](=O)[O-]. The molecule has 21 heavy (non-hydrogen) atoms. The van der Waals surface area contributed by atoms with Gasteiger partial charge in [0.05, 0.1) is 4.92 Å². The summed E-state index contributed by atoms with van der Waals surface area (Å²) >= 11 is 0. The highest BCUT2D eigenvalue weighted by atomic mass is 16.6. The number of nitrogens with one attached hydrogen (secondary N) is 1. The number of likely N-dealkylation sites (tertiary alicyclic amines) is 1. The number of nitro groups is 1. The average Bonchev–Trinajstić information content (AvgIpc) is 2.94. The third-order valence-electron chi connectivity index (χ3n) is 4.58. The molecule has 2 unspecified atom stereocenters. The molecule has 2 fully saturated rings. The van der Waals surface area contributed by atoms with Crippen molar-refractivity contribution in [3.63, 3.8) is 0 Å². The van der Waals surface area contributed by atoms with Crippen LogP contribution in [0.5, 0.6) is 0 Å². The number of fused-ring (bicyclic) bond motifs is 1. The second-order valence-corrected chi connectivity index (χ2v) is 5.88. The molecule has 2 aliphatic heterocycles. The number of rotatable bonds is 2. The van der Waals surface area contributed by atoms with E-state index in [-0.39, 0.29) is 17.6 Å². The van der Waals surface area contributed by atoms with Gasteiger partial charge >= 0.3 is 0 Å². The summed E-state index contributed by atoms with van der Waals surface area (Å²) < 4.78 is 0. The topological polar surface area (TPSA) is 75.5 Å². The van der Waals surface area contributed by atoms with Gasteiger partial charge in [0.25, 0.3) is 11.6 Å². The molecule has 3 rings (SSSR count). The van der Waals surface area contributed by atoms with Crippen molar-refractivity contribution in [2.45, 2.75) is 25.8 Å². The van der Waals surface area contributed by atoms with Gasteiger partial charge in [0.2, 0.25) is 0 Å². The highest BCUT2D eigenvalue weighted by Crippen LogP contribution is 2.28. The number of hydrogen-bond donors (Lipinski definition) is 1. The Morgan fingerprint density at radius 1 is 1.43 bits per heavy atom. The normalized spacial score (nSPS) is 24.7. The zero-order valence-electron chi connectivity index (χ0n) is 12.0. The monoisotopic (exact) mass is 289 g/mol. The lowest BCUT2D eigenvalue weighted by Crippen LogP contribution is -2.48. The third kappa shape index (κ3) is 2.51. The summed E-state index contributed by atoms with van der Waals surface area (Å²) in [6.07, 6.45) is 2.20. The van der Waals surface area contributed by atoms with Crippen molar-refractivity contribution in [1.82, 2.24) is 10.2 Å². The largest absolute Gasteiger partial charge is 0.334 e. The maximum Gasteiger partial charge on any atom is 0.272 e. The molecule has 2 atom stereocenters. The lowest BCUT2D eigenvalue weighted by atomic mass is 9.91. The molecule has 0 aromatic heterocycles. The van der Waals surface area contributed by atoms with Crippen LogP contribution in [0.15, 0.2) is 18.2 Å². The number of hydrogen-bond acceptors (Lipinski definition) is 4. The van der Waals surface area contributed by atoms with Gasteiger partial charge in [-0.1, -0.05) is 0 Å². The molecule has 0 radical (unpaired) electrons. The second kappa shape index (κ2) is 5.44. The summed E-state index contributed by atoms with van der Waals surface area (Å²) in [6.45, 7) is 4.28. The molecule has 2 saturated heterocycles. The van der Waals surface area contributed by atoms with Crippen LogP contribution in [0.4, 0.5) is 5.69 Å². The molecule has 2 heterocycles. The van der Waals surface area contributed by atoms with Gasteiger partial charge in [-0.05, 0) is 37.8 Å². The number of piperidine rings is 1. The first-order valence-electron chi connectivity index (χ1n) is 7.34. The van der Waals surface area contributed by atoms with Crippen LogP contribution in [0, 0.1) is 23.0 Å². The third-order valence-corrected chi connectivity index (χ3v) is 4.58. The van der Waals surface area contributed by atoms with E-state index in [1.54, 1.807) is 19.1 Å². The summed E-state index contributed by atoms with van der Waals surface area (Å²) in [5.74, 6) is 0.535. The van der Waals surface area contributed by atoms with Gasteiger partial charge in [0.15, 0.2) is 0 Å². The first-order chi connectivity index (χ1) is 10.1. The standard InChI is InChI=1S/C15H19N3O3/c1-10-7-11(4-5-13(10)18(20)21)15(19)17-6-2-3-12-8-16-9-14(12)17/h4-5,7,12,14,16H,2-3,6,8-9H2,1H3. The van der Waals surface area contributed by atoms with E-state index in [9.17, 15) is 14.9 Å². The first-order valence-corrected chi connectivity index (χ1v) is 7.34. The molecule has 0 bridgehead atoms. The minimum absolute atomic E-state index is 0.00796. The number of carbonyl (C=O) groups is 1. The maximum absolute atomic E-state index is 12.7. The highest BCUT2D eigenvalue weighted by molar-refractivity contribution is 5.95. The predicted molar refractivity (Wildman–Crippen MR) is 78.3 cm³/mol. The molecule has 6 nitrogen and oxygen atoms in total. The van der Waals surface area contributed by atoms with Crippen LogP contribution in [0.3, 0.4) is 0 Å². The van der Waals surface area contributed by atoms with Crippen molar-refractivity contribution in [3.8, 4) is 0 Å². The Balaban J connectivity index is 1.84. The van der Waals surface area contributed by atoms with Gasteiger partial charge in [-0.25, -0.2) is 0 Å². The van der Waals surface area contributed by atoms with Crippen molar-refractivity contribution >= 4 is 11.6 Å². The van der Waals surface area contributed by atoms with Crippen molar-refractivity contribution in [3.05, 3.63) is 39.4 Å². The Hall–Kier alpha value is -1.95. The smallest absolute Gasteiger partial charge is 0.272 e. The summed E-state index contributed by atoms with van der Waals surface area (Å²) in [5, 5.41) is 14.2. The van der Waals surface area contributed by atoms with Gasteiger partial charge in [-0.15, -0.1) is 0 Å². The van der Waals surface area contributed by atoms with Crippen molar-refractivity contribution in [2.75, 3.05) is 19.6 Å². The van der Waals surface area contributed by atoms with Crippen LogP contribution in [-0.4, -0.2) is 41.4 Å². The maximum atomic E-state index is 12.7.